The van der Waals surface area contributed by atoms with E-state index in [0.29, 0.717) is 0 Å². The fraction of sp³-hybridized carbons (Fsp3) is 0.312. The first-order valence-corrected chi connectivity index (χ1v) is 6.79. The fourth-order valence-corrected chi connectivity index (χ4v) is 2.93. The minimum atomic E-state index is 0.191. The molecule has 19 heavy (non-hydrogen) atoms. The summed E-state index contributed by atoms with van der Waals surface area (Å²) in [5.41, 5.74) is 1.33. The maximum Gasteiger partial charge on any atom is 0.208 e. The minimum absolute atomic E-state index is 0.191. The molecule has 0 aliphatic carbocycles. The molecular formula is C16H18N2O. The lowest BCUT2D eigenvalue weighted by atomic mass is 10.0. The summed E-state index contributed by atoms with van der Waals surface area (Å²) in [6, 6.07) is 14.9. The van der Waals surface area contributed by atoms with Gasteiger partial charge in [-0.3, -0.25) is 9.69 Å². The summed E-state index contributed by atoms with van der Waals surface area (Å²) < 4.78 is 0. The third-order valence-corrected chi connectivity index (χ3v) is 3.88. The summed E-state index contributed by atoms with van der Waals surface area (Å²) in [5.74, 6) is 0. The Balaban J connectivity index is 1.87. The van der Waals surface area contributed by atoms with Crippen molar-refractivity contribution in [3.05, 3.63) is 48.0 Å². The summed E-state index contributed by atoms with van der Waals surface area (Å²) in [6.45, 7) is 1.95. The Hall–Kier alpha value is -1.87. The Kier molecular flexibility index (Phi) is 3.47. The second-order valence-corrected chi connectivity index (χ2v) is 5.05. The summed E-state index contributed by atoms with van der Waals surface area (Å²) in [5, 5.41) is 5.49. The smallest absolute Gasteiger partial charge is 0.208 e. The van der Waals surface area contributed by atoms with Crippen LogP contribution in [0.1, 0.15) is 18.4 Å². The molecule has 3 rings (SSSR count). The number of fused-ring (bicyclic) bond motifs is 1. The third kappa shape index (κ3) is 2.47. The molecule has 1 atom stereocenters. The minimum Gasteiger partial charge on any atom is -0.343 e. The van der Waals surface area contributed by atoms with E-state index in [1.807, 2.05) is 0 Å². The Labute approximate surface area is 113 Å². The molecule has 2 aromatic carbocycles. The molecule has 1 amide bonds. The van der Waals surface area contributed by atoms with E-state index in [2.05, 4.69) is 52.7 Å². The zero-order valence-corrected chi connectivity index (χ0v) is 10.9. The second kappa shape index (κ2) is 5.41. The number of benzene rings is 2. The van der Waals surface area contributed by atoms with Crippen LogP contribution in [0.2, 0.25) is 0 Å². The lowest BCUT2D eigenvalue weighted by Crippen LogP contribution is -2.39. The lowest BCUT2D eigenvalue weighted by molar-refractivity contribution is -0.111. The number of nitrogens with one attached hydrogen (secondary N) is 1. The van der Waals surface area contributed by atoms with Gasteiger partial charge < -0.3 is 5.32 Å². The molecule has 0 radical (unpaired) electrons. The van der Waals surface area contributed by atoms with Gasteiger partial charge in [-0.2, -0.15) is 0 Å². The second-order valence-electron chi connectivity index (χ2n) is 5.05. The molecule has 2 aromatic rings. The normalized spacial score (nSPS) is 19.7. The van der Waals surface area contributed by atoms with Crippen molar-refractivity contribution in [1.82, 2.24) is 10.2 Å². The number of rotatable bonds is 4. The van der Waals surface area contributed by atoms with E-state index in [1.165, 1.54) is 16.3 Å². The maximum absolute atomic E-state index is 10.6. The van der Waals surface area contributed by atoms with Crippen molar-refractivity contribution in [3.63, 3.8) is 0 Å². The molecule has 1 heterocycles. The number of carbonyl (C=O) groups is 1. The van der Waals surface area contributed by atoms with Crippen molar-refractivity contribution < 1.29 is 4.79 Å². The molecule has 0 bridgehead atoms. The van der Waals surface area contributed by atoms with Crippen LogP contribution in [0.25, 0.3) is 10.8 Å². The van der Waals surface area contributed by atoms with Gasteiger partial charge in [0.1, 0.15) is 0 Å². The van der Waals surface area contributed by atoms with E-state index in [9.17, 15) is 4.79 Å². The Morgan fingerprint density at radius 3 is 2.95 bits per heavy atom. The zero-order valence-electron chi connectivity index (χ0n) is 10.9. The molecule has 1 N–H and O–H groups in total. The third-order valence-electron chi connectivity index (χ3n) is 3.88. The van der Waals surface area contributed by atoms with Gasteiger partial charge >= 0.3 is 0 Å². The molecule has 1 aliphatic heterocycles. The van der Waals surface area contributed by atoms with Gasteiger partial charge in [-0.15, -0.1) is 0 Å². The molecular weight excluding hydrogens is 236 g/mol. The highest BCUT2D eigenvalue weighted by atomic mass is 16.1. The largest absolute Gasteiger partial charge is 0.343 e. The number of nitrogens with zero attached hydrogens (tertiary/aromatic N) is 1. The van der Waals surface area contributed by atoms with Gasteiger partial charge in [-0.05, 0) is 29.2 Å². The van der Waals surface area contributed by atoms with Gasteiger partial charge in [-0.1, -0.05) is 42.5 Å². The molecule has 1 fully saturated rings. The van der Waals surface area contributed by atoms with Crippen molar-refractivity contribution in [2.24, 2.45) is 0 Å². The Bertz CT molecular complexity index is 576. The zero-order chi connectivity index (χ0) is 13.1. The number of amides is 1. The maximum atomic E-state index is 10.6. The SMILES string of the molecule is O=CNC1CCCN1Cc1cccc2ccccc12. The highest BCUT2D eigenvalue weighted by Gasteiger charge is 2.23. The number of carbonyl (C=O) groups excluding carboxylic acids is 1. The molecule has 1 unspecified atom stereocenters. The van der Waals surface area contributed by atoms with Crippen LogP contribution in [-0.4, -0.2) is 24.0 Å². The van der Waals surface area contributed by atoms with E-state index < -0.39 is 0 Å². The van der Waals surface area contributed by atoms with E-state index >= 15 is 0 Å². The Morgan fingerprint density at radius 2 is 2.05 bits per heavy atom. The van der Waals surface area contributed by atoms with Gasteiger partial charge in [0.2, 0.25) is 6.41 Å². The van der Waals surface area contributed by atoms with E-state index in [1.54, 1.807) is 0 Å². The highest BCUT2D eigenvalue weighted by molar-refractivity contribution is 5.85. The van der Waals surface area contributed by atoms with Crippen LogP contribution in [0.3, 0.4) is 0 Å². The van der Waals surface area contributed by atoms with Crippen LogP contribution >= 0.6 is 0 Å². The molecule has 3 nitrogen and oxygen atoms in total. The predicted octanol–water partition coefficient (Wildman–Crippen LogP) is 2.51. The van der Waals surface area contributed by atoms with Crippen molar-refractivity contribution in [1.29, 1.82) is 0 Å². The standard InChI is InChI=1S/C16H18N2O/c19-12-17-16-9-4-10-18(16)11-14-7-3-6-13-5-1-2-8-15(13)14/h1-3,5-8,12,16H,4,9-11H2,(H,17,19). The van der Waals surface area contributed by atoms with Crippen LogP contribution in [0.5, 0.6) is 0 Å². The molecule has 0 spiro atoms. The van der Waals surface area contributed by atoms with Crippen LogP contribution in [0, 0.1) is 0 Å². The quantitative estimate of drug-likeness (QED) is 0.850. The molecule has 3 heteroatoms. The monoisotopic (exact) mass is 254 g/mol. The fourth-order valence-electron chi connectivity index (χ4n) is 2.93. The molecule has 0 aromatic heterocycles. The summed E-state index contributed by atoms with van der Waals surface area (Å²) in [7, 11) is 0. The van der Waals surface area contributed by atoms with Gasteiger partial charge in [0.15, 0.2) is 0 Å². The molecule has 1 saturated heterocycles. The van der Waals surface area contributed by atoms with Crippen molar-refractivity contribution in [2.45, 2.75) is 25.6 Å². The van der Waals surface area contributed by atoms with Crippen molar-refractivity contribution >= 4 is 17.2 Å². The lowest BCUT2D eigenvalue weighted by Gasteiger charge is -2.24. The Morgan fingerprint density at radius 1 is 1.21 bits per heavy atom. The summed E-state index contributed by atoms with van der Waals surface area (Å²) in [6.07, 6.45) is 3.20. The predicted molar refractivity (Wildman–Crippen MR) is 76.6 cm³/mol. The summed E-state index contributed by atoms with van der Waals surface area (Å²) in [4.78, 5) is 13.0. The van der Waals surface area contributed by atoms with E-state index in [4.69, 9.17) is 0 Å². The first kappa shape index (κ1) is 12.2. The molecule has 1 aliphatic rings. The average Bonchev–Trinajstić information content (AvgIpc) is 2.87. The van der Waals surface area contributed by atoms with Crippen molar-refractivity contribution in [2.75, 3.05) is 6.54 Å². The van der Waals surface area contributed by atoms with Crippen LogP contribution in [0.4, 0.5) is 0 Å². The average molecular weight is 254 g/mol. The highest BCUT2D eigenvalue weighted by Crippen LogP contribution is 2.23. The summed E-state index contributed by atoms with van der Waals surface area (Å²) >= 11 is 0. The first-order chi connectivity index (χ1) is 9.38. The van der Waals surface area contributed by atoms with Gasteiger partial charge in [0.05, 0.1) is 6.17 Å². The van der Waals surface area contributed by atoms with Crippen LogP contribution in [-0.2, 0) is 11.3 Å². The van der Waals surface area contributed by atoms with Crippen LogP contribution < -0.4 is 5.32 Å². The van der Waals surface area contributed by atoms with Gasteiger partial charge in [-0.25, -0.2) is 0 Å². The number of hydrogen-bond donors (Lipinski definition) is 1. The number of likely N-dealkylation sites (tertiary alicyclic amines) is 1. The van der Waals surface area contributed by atoms with Crippen molar-refractivity contribution in [3.8, 4) is 0 Å². The van der Waals surface area contributed by atoms with Gasteiger partial charge in [0.25, 0.3) is 0 Å². The van der Waals surface area contributed by atoms with E-state index in [-0.39, 0.29) is 6.17 Å². The number of hydrogen-bond acceptors (Lipinski definition) is 2. The topological polar surface area (TPSA) is 32.3 Å². The first-order valence-electron chi connectivity index (χ1n) is 6.79. The molecule has 98 valence electrons. The van der Waals surface area contributed by atoms with E-state index in [0.717, 1.165) is 32.3 Å². The van der Waals surface area contributed by atoms with Gasteiger partial charge in [0, 0.05) is 13.1 Å². The molecule has 0 saturated carbocycles. The van der Waals surface area contributed by atoms with Crippen LogP contribution in [0.15, 0.2) is 42.5 Å².